The molecule has 2 nitrogen and oxygen atoms in total. The van der Waals surface area contributed by atoms with Gasteiger partial charge in [0.1, 0.15) is 5.15 Å². The van der Waals surface area contributed by atoms with E-state index in [1.807, 2.05) is 18.4 Å². The molecule has 2 aromatic heterocycles. The maximum Gasteiger partial charge on any atom is 0.143 e. The van der Waals surface area contributed by atoms with E-state index in [-0.39, 0.29) is 0 Å². The summed E-state index contributed by atoms with van der Waals surface area (Å²) in [6.45, 7) is 0. The summed E-state index contributed by atoms with van der Waals surface area (Å²) in [5.74, 6) is 0. The van der Waals surface area contributed by atoms with Gasteiger partial charge in [0.25, 0.3) is 0 Å². The van der Waals surface area contributed by atoms with E-state index in [0.29, 0.717) is 5.15 Å². The van der Waals surface area contributed by atoms with Crippen molar-refractivity contribution in [2.24, 2.45) is 0 Å². The molecule has 72 valence electrons. The maximum absolute atomic E-state index is 5.90. The normalized spacial score (nSPS) is 10.8. The molecule has 14 heavy (non-hydrogen) atoms. The van der Waals surface area contributed by atoms with Gasteiger partial charge in [0.15, 0.2) is 0 Å². The molecule has 2 aromatic rings. The summed E-state index contributed by atoms with van der Waals surface area (Å²) < 4.78 is 0.797. The lowest BCUT2D eigenvalue weighted by atomic mass is 10.3. The van der Waals surface area contributed by atoms with Crippen molar-refractivity contribution in [1.29, 1.82) is 0 Å². The van der Waals surface area contributed by atoms with Gasteiger partial charge in [0.05, 0.1) is 15.0 Å². The lowest BCUT2D eigenvalue weighted by molar-refractivity contribution is 1.15. The lowest BCUT2D eigenvalue weighted by Gasteiger charge is -2.01. The third kappa shape index (κ3) is 1.87. The van der Waals surface area contributed by atoms with E-state index in [1.54, 1.807) is 18.0 Å². The molecule has 2 heterocycles. The van der Waals surface area contributed by atoms with Crippen molar-refractivity contribution < 1.29 is 0 Å². The average Bonchev–Trinajstić information content (AvgIpc) is 2.19. The molecule has 0 saturated carbocycles. The zero-order valence-corrected chi connectivity index (χ0v) is 10.4. The average molecular weight is 290 g/mol. The molecule has 0 aromatic carbocycles. The molecule has 0 unspecified atom stereocenters. The summed E-state index contributed by atoms with van der Waals surface area (Å²) in [5.41, 5.74) is 0.873. The van der Waals surface area contributed by atoms with Gasteiger partial charge >= 0.3 is 0 Å². The molecule has 0 saturated heterocycles. The van der Waals surface area contributed by atoms with Crippen molar-refractivity contribution >= 4 is 50.2 Å². The van der Waals surface area contributed by atoms with Gasteiger partial charge in [-0.1, -0.05) is 11.6 Å². The van der Waals surface area contributed by atoms with Crippen molar-refractivity contribution in [2.75, 3.05) is 6.26 Å². The zero-order valence-electron chi connectivity index (χ0n) is 7.29. The highest BCUT2D eigenvalue weighted by molar-refractivity contribution is 9.10. The Labute approximate surface area is 99.2 Å². The van der Waals surface area contributed by atoms with E-state index < -0.39 is 0 Å². The fourth-order valence-electron chi connectivity index (χ4n) is 1.11. The molecule has 0 aliphatic carbocycles. The molecule has 2 rings (SSSR count). The van der Waals surface area contributed by atoms with Crippen LogP contribution in [0.3, 0.4) is 0 Å². The van der Waals surface area contributed by atoms with E-state index in [0.717, 1.165) is 20.4 Å². The van der Waals surface area contributed by atoms with Crippen LogP contribution in [0.1, 0.15) is 0 Å². The predicted octanol–water partition coefficient (Wildman–Crippen LogP) is 3.77. The maximum atomic E-state index is 5.90. The Morgan fingerprint density at radius 2 is 2.21 bits per heavy atom. The topological polar surface area (TPSA) is 25.8 Å². The first-order valence-corrected chi connectivity index (χ1v) is 6.26. The van der Waals surface area contributed by atoms with Crippen LogP contribution < -0.4 is 0 Å². The van der Waals surface area contributed by atoms with E-state index in [4.69, 9.17) is 11.6 Å². The Bertz CT molecular complexity index is 489. The van der Waals surface area contributed by atoms with Crippen molar-refractivity contribution in [3.63, 3.8) is 0 Å². The van der Waals surface area contributed by atoms with Gasteiger partial charge in [0.2, 0.25) is 0 Å². The largest absolute Gasteiger partial charge is 0.249 e. The van der Waals surface area contributed by atoms with Crippen LogP contribution in [-0.4, -0.2) is 16.2 Å². The minimum Gasteiger partial charge on any atom is -0.249 e. The van der Waals surface area contributed by atoms with Crippen LogP contribution in [-0.2, 0) is 0 Å². The number of aromatic nitrogens is 2. The van der Waals surface area contributed by atoms with Crippen LogP contribution in [0.25, 0.3) is 10.9 Å². The highest BCUT2D eigenvalue weighted by Crippen LogP contribution is 2.26. The third-order valence-electron chi connectivity index (χ3n) is 1.79. The highest BCUT2D eigenvalue weighted by atomic mass is 79.9. The molecular formula is C9H6BrClN2S. The van der Waals surface area contributed by atoms with E-state index in [1.165, 1.54) is 0 Å². The standard InChI is InChI=1S/C9H6BrClN2S/c1-14-8-3-7-5(4-12-8)2-6(10)9(11)13-7/h2-4H,1H3. The van der Waals surface area contributed by atoms with E-state index in [9.17, 15) is 0 Å². The molecule has 0 aliphatic heterocycles. The Morgan fingerprint density at radius 1 is 1.43 bits per heavy atom. The van der Waals surface area contributed by atoms with Gasteiger partial charge in [-0.2, -0.15) is 0 Å². The van der Waals surface area contributed by atoms with Gasteiger partial charge < -0.3 is 0 Å². The van der Waals surface area contributed by atoms with Crippen LogP contribution in [0.4, 0.5) is 0 Å². The van der Waals surface area contributed by atoms with Crippen molar-refractivity contribution in [1.82, 2.24) is 9.97 Å². The highest BCUT2D eigenvalue weighted by Gasteiger charge is 2.03. The Morgan fingerprint density at radius 3 is 2.93 bits per heavy atom. The van der Waals surface area contributed by atoms with E-state index >= 15 is 0 Å². The second-order valence-electron chi connectivity index (χ2n) is 2.68. The Balaban J connectivity index is 2.70. The number of hydrogen-bond donors (Lipinski definition) is 0. The molecule has 0 fully saturated rings. The van der Waals surface area contributed by atoms with Crippen LogP contribution in [0.5, 0.6) is 0 Å². The quantitative estimate of drug-likeness (QED) is 0.590. The summed E-state index contributed by atoms with van der Waals surface area (Å²) in [7, 11) is 0. The van der Waals surface area contributed by atoms with Crippen molar-refractivity contribution in [2.45, 2.75) is 5.03 Å². The molecule has 0 atom stereocenters. The fraction of sp³-hybridized carbons (Fsp3) is 0.111. The summed E-state index contributed by atoms with van der Waals surface area (Å²) >= 11 is 10.8. The van der Waals surface area contributed by atoms with E-state index in [2.05, 4.69) is 25.9 Å². The minimum absolute atomic E-state index is 0.482. The third-order valence-corrected chi connectivity index (χ3v) is 3.56. The molecule has 0 aliphatic rings. The van der Waals surface area contributed by atoms with Crippen LogP contribution >= 0.6 is 39.3 Å². The van der Waals surface area contributed by atoms with Crippen LogP contribution in [0.2, 0.25) is 5.15 Å². The first-order valence-electron chi connectivity index (χ1n) is 3.86. The molecule has 0 radical (unpaired) electrons. The second-order valence-corrected chi connectivity index (χ2v) is 4.72. The summed E-state index contributed by atoms with van der Waals surface area (Å²) in [4.78, 5) is 8.50. The first-order chi connectivity index (χ1) is 6.70. The molecular weight excluding hydrogens is 284 g/mol. The van der Waals surface area contributed by atoms with Crippen molar-refractivity contribution in [3.8, 4) is 0 Å². The van der Waals surface area contributed by atoms with Gasteiger partial charge in [-0.25, -0.2) is 9.97 Å². The minimum atomic E-state index is 0.482. The number of nitrogens with zero attached hydrogens (tertiary/aromatic N) is 2. The monoisotopic (exact) mass is 288 g/mol. The second kappa shape index (κ2) is 4.04. The van der Waals surface area contributed by atoms with Gasteiger partial charge in [-0.05, 0) is 34.3 Å². The zero-order chi connectivity index (χ0) is 10.1. The number of fused-ring (bicyclic) bond motifs is 1. The van der Waals surface area contributed by atoms with Gasteiger partial charge in [0, 0.05) is 11.6 Å². The molecule has 5 heteroatoms. The summed E-state index contributed by atoms with van der Waals surface area (Å²) in [5, 5.41) is 2.42. The lowest BCUT2D eigenvalue weighted by Crippen LogP contribution is -1.85. The summed E-state index contributed by atoms with van der Waals surface area (Å²) in [6.07, 6.45) is 3.78. The fourth-order valence-corrected chi connectivity index (χ4v) is 1.98. The Hall–Kier alpha value is -0.320. The molecule has 0 spiro atoms. The van der Waals surface area contributed by atoms with Gasteiger partial charge in [-0.3, -0.25) is 0 Å². The summed E-state index contributed by atoms with van der Waals surface area (Å²) in [6, 6.07) is 3.85. The number of pyridine rings is 2. The Kier molecular flexibility index (Phi) is 2.95. The first kappa shape index (κ1) is 10.2. The van der Waals surface area contributed by atoms with Crippen molar-refractivity contribution in [3.05, 3.63) is 28.0 Å². The number of thioether (sulfide) groups is 1. The predicted molar refractivity (Wildman–Crippen MR) is 64.0 cm³/mol. The molecule has 0 bridgehead atoms. The van der Waals surface area contributed by atoms with Gasteiger partial charge in [-0.15, -0.1) is 11.8 Å². The smallest absolute Gasteiger partial charge is 0.143 e. The molecule has 0 amide bonds. The van der Waals surface area contributed by atoms with Crippen LogP contribution in [0.15, 0.2) is 27.8 Å². The SMILES string of the molecule is CSc1cc2nc(Cl)c(Br)cc2cn1. The number of halogens is 2. The number of hydrogen-bond acceptors (Lipinski definition) is 3. The molecule has 0 N–H and O–H groups in total. The van der Waals surface area contributed by atoms with Crippen LogP contribution in [0, 0.1) is 0 Å². The number of rotatable bonds is 1.